The van der Waals surface area contributed by atoms with Crippen LogP contribution in [-0.4, -0.2) is 48.9 Å². The van der Waals surface area contributed by atoms with Crippen LogP contribution < -0.4 is 0 Å². The Kier molecular flexibility index (Phi) is 14.6. The van der Waals surface area contributed by atoms with E-state index in [0.29, 0.717) is 23.5 Å². The van der Waals surface area contributed by atoms with Crippen molar-refractivity contribution in [2.45, 2.75) is 148 Å². The summed E-state index contributed by atoms with van der Waals surface area (Å²) in [6.45, 7) is 9.80. The third-order valence-corrected chi connectivity index (χ3v) is 8.98. The third kappa shape index (κ3) is 11.6. The van der Waals surface area contributed by atoms with E-state index in [-0.39, 0.29) is 17.8 Å². The summed E-state index contributed by atoms with van der Waals surface area (Å²) in [5, 5.41) is 21.4. The van der Waals surface area contributed by atoms with Crippen LogP contribution in [0.25, 0.3) is 0 Å². The molecular weight excluding hydrogens is 576 g/mol. The molecule has 1 saturated carbocycles. The molecule has 0 bridgehead atoms. The Morgan fingerprint density at radius 3 is 2.00 bits per heavy atom. The Bertz CT molecular complexity index is 1180. The fourth-order valence-corrected chi connectivity index (χ4v) is 6.94. The number of ether oxygens (including phenoxy) is 1. The highest BCUT2D eigenvalue weighted by Crippen LogP contribution is 2.38. The van der Waals surface area contributed by atoms with Crippen LogP contribution in [-0.2, 0) is 4.74 Å². The van der Waals surface area contributed by atoms with Crippen LogP contribution in [0.5, 0.6) is 0 Å². The highest BCUT2D eigenvalue weighted by Gasteiger charge is 2.39. The zero-order chi connectivity index (χ0) is 33.0. The first kappa shape index (κ1) is 36.8. The van der Waals surface area contributed by atoms with Gasteiger partial charge in [-0.05, 0) is 76.8 Å². The van der Waals surface area contributed by atoms with Crippen LogP contribution in [0.1, 0.15) is 141 Å². The summed E-state index contributed by atoms with van der Waals surface area (Å²) in [7, 11) is 0. The largest absolute Gasteiger partial charge is 0.444 e. The van der Waals surface area contributed by atoms with Crippen molar-refractivity contribution in [1.82, 2.24) is 14.9 Å². The van der Waals surface area contributed by atoms with E-state index in [1.807, 2.05) is 20.8 Å². The summed E-state index contributed by atoms with van der Waals surface area (Å²) in [6, 6.07) is 2.26. The maximum atomic E-state index is 13.6. The lowest BCUT2D eigenvalue weighted by Crippen LogP contribution is -2.50. The van der Waals surface area contributed by atoms with Crippen LogP contribution in [0.3, 0.4) is 0 Å². The summed E-state index contributed by atoms with van der Waals surface area (Å²) < 4.78 is 32.4. The van der Waals surface area contributed by atoms with Gasteiger partial charge in [0.05, 0.1) is 24.5 Å². The minimum atomic E-state index is -0.997. The third-order valence-electron chi connectivity index (χ3n) is 8.98. The first-order valence-electron chi connectivity index (χ1n) is 17.0. The molecule has 1 amide bonds. The van der Waals surface area contributed by atoms with Crippen LogP contribution in [0, 0.1) is 23.5 Å². The molecule has 252 valence electrons. The van der Waals surface area contributed by atoms with E-state index in [1.54, 1.807) is 11.1 Å². The number of halogens is 2. The Labute approximate surface area is 268 Å². The van der Waals surface area contributed by atoms with Crippen LogP contribution >= 0.6 is 0 Å². The van der Waals surface area contributed by atoms with Gasteiger partial charge in [0, 0.05) is 29.6 Å². The lowest BCUT2D eigenvalue weighted by molar-refractivity contribution is -0.0210. The maximum Gasteiger partial charge on any atom is 0.410 e. The van der Waals surface area contributed by atoms with Crippen LogP contribution in [0.2, 0.25) is 0 Å². The Morgan fingerprint density at radius 1 is 0.867 bits per heavy atom. The van der Waals surface area contributed by atoms with Crippen molar-refractivity contribution in [2.24, 2.45) is 11.8 Å². The molecular formula is C36H55F2N3O4. The average molecular weight is 632 g/mol. The Balaban J connectivity index is 0.000000257. The van der Waals surface area contributed by atoms with Crippen LogP contribution in [0.15, 0.2) is 36.9 Å². The molecule has 1 aliphatic heterocycles. The van der Waals surface area contributed by atoms with Crippen LogP contribution in [0.4, 0.5) is 13.6 Å². The molecule has 45 heavy (non-hydrogen) atoms. The summed E-state index contributed by atoms with van der Waals surface area (Å²) in [4.78, 5) is 22.4. The fourth-order valence-electron chi connectivity index (χ4n) is 6.94. The standard InChI is InChI=1S/C20H31FN2O3.C16H24FNO/c1-5-8-16-9-6-7-10-17(23(16)19(25)26-20(2,3)4)18(24)14-11-15(21)13-22-12-14;1-2-5-12-6-3-4-7-13(8-12)16(19)14-9-15(17)11-18-10-14/h11-13,16-18,24H,5-10H2,1-4H3;9-13,16,19H,2-8H2,1H3/t16-,17-,18-;12-,13+,16+/m11/s1. The predicted molar refractivity (Wildman–Crippen MR) is 172 cm³/mol. The molecule has 4 rings (SSSR count). The van der Waals surface area contributed by atoms with E-state index in [1.165, 1.54) is 56.6 Å². The van der Waals surface area contributed by atoms with Crippen molar-refractivity contribution in [3.8, 4) is 0 Å². The van der Waals surface area contributed by atoms with Crippen molar-refractivity contribution < 1.29 is 28.5 Å². The normalized spacial score (nSPS) is 24.0. The van der Waals surface area contributed by atoms with Crippen molar-refractivity contribution in [3.63, 3.8) is 0 Å². The fraction of sp³-hybridized carbons (Fsp3) is 0.694. The minimum absolute atomic E-state index is 0.0125. The molecule has 6 atom stereocenters. The van der Waals surface area contributed by atoms with Gasteiger partial charge in [0.1, 0.15) is 23.3 Å². The average Bonchev–Trinajstić information content (AvgIpc) is 3.35. The molecule has 0 spiro atoms. The highest BCUT2D eigenvalue weighted by molar-refractivity contribution is 5.69. The molecule has 2 aromatic rings. The zero-order valence-electron chi connectivity index (χ0n) is 27.9. The number of pyridine rings is 2. The predicted octanol–water partition coefficient (Wildman–Crippen LogP) is 8.85. The topological polar surface area (TPSA) is 95.8 Å². The zero-order valence-corrected chi connectivity index (χ0v) is 27.9. The van der Waals surface area contributed by atoms with Gasteiger partial charge in [-0.15, -0.1) is 0 Å². The first-order valence-corrected chi connectivity index (χ1v) is 17.0. The van der Waals surface area contributed by atoms with Gasteiger partial charge in [-0.1, -0.05) is 65.2 Å². The molecule has 1 aliphatic carbocycles. The van der Waals surface area contributed by atoms with E-state index in [4.69, 9.17) is 4.74 Å². The second-order valence-electron chi connectivity index (χ2n) is 13.9. The monoisotopic (exact) mass is 631 g/mol. The number of carbonyl (C=O) groups excluding carboxylic acids is 1. The molecule has 2 fully saturated rings. The summed E-state index contributed by atoms with van der Waals surface area (Å²) in [5.41, 5.74) is 0.402. The summed E-state index contributed by atoms with van der Waals surface area (Å²) >= 11 is 0. The molecule has 0 radical (unpaired) electrons. The molecule has 2 aliphatic rings. The van der Waals surface area contributed by atoms with Crippen molar-refractivity contribution >= 4 is 6.09 Å². The molecule has 9 heteroatoms. The van der Waals surface area contributed by atoms with Gasteiger partial charge in [-0.25, -0.2) is 13.6 Å². The van der Waals surface area contributed by atoms with E-state index >= 15 is 0 Å². The molecule has 1 saturated heterocycles. The second kappa shape index (κ2) is 17.9. The quantitative estimate of drug-likeness (QED) is 0.283. The SMILES string of the molecule is CCC[C@@H]1CCCC[C@H]([C@H](O)c2cncc(F)c2)C1.CCC[C@@H]1CCCC[C@H]([C@H](O)c2cncc(F)c2)N1C(=O)OC(C)(C)C. The van der Waals surface area contributed by atoms with Crippen molar-refractivity contribution in [2.75, 3.05) is 0 Å². The lowest BCUT2D eigenvalue weighted by atomic mass is 9.85. The second-order valence-corrected chi connectivity index (χ2v) is 13.9. The lowest BCUT2D eigenvalue weighted by Gasteiger charge is -2.39. The molecule has 0 unspecified atom stereocenters. The van der Waals surface area contributed by atoms with Crippen molar-refractivity contribution in [3.05, 3.63) is 59.7 Å². The Morgan fingerprint density at radius 2 is 1.42 bits per heavy atom. The van der Waals surface area contributed by atoms with E-state index in [9.17, 15) is 23.8 Å². The molecule has 2 N–H and O–H groups in total. The highest BCUT2D eigenvalue weighted by atomic mass is 19.1. The number of rotatable bonds is 8. The van der Waals surface area contributed by atoms with Gasteiger partial charge in [-0.2, -0.15) is 0 Å². The molecule has 7 nitrogen and oxygen atoms in total. The van der Waals surface area contributed by atoms with E-state index in [0.717, 1.165) is 51.1 Å². The maximum absolute atomic E-state index is 13.6. The summed E-state index contributed by atoms with van der Waals surface area (Å²) in [6.07, 6.45) is 16.8. The number of aliphatic hydroxyl groups is 2. The van der Waals surface area contributed by atoms with Crippen molar-refractivity contribution in [1.29, 1.82) is 0 Å². The van der Waals surface area contributed by atoms with Gasteiger partial charge in [0.15, 0.2) is 0 Å². The van der Waals surface area contributed by atoms with E-state index < -0.39 is 35.8 Å². The smallest absolute Gasteiger partial charge is 0.410 e. The number of likely N-dealkylation sites (tertiary alicyclic amines) is 1. The first-order chi connectivity index (χ1) is 21.4. The van der Waals surface area contributed by atoms with Gasteiger partial charge < -0.3 is 14.9 Å². The number of nitrogens with zero attached hydrogens (tertiary/aromatic N) is 3. The van der Waals surface area contributed by atoms with Gasteiger partial charge in [0.2, 0.25) is 0 Å². The minimum Gasteiger partial charge on any atom is -0.444 e. The number of aromatic nitrogens is 2. The molecule has 0 aromatic carbocycles. The number of hydrogen-bond donors (Lipinski definition) is 2. The number of aliphatic hydroxyl groups excluding tert-OH is 2. The molecule has 2 aromatic heterocycles. The Hall–Kier alpha value is -2.65. The van der Waals surface area contributed by atoms with Gasteiger partial charge >= 0.3 is 6.09 Å². The van der Waals surface area contributed by atoms with Gasteiger partial charge in [-0.3, -0.25) is 14.9 Å². The summed E-state index contributed by atoms with van der Waals surface area (Å²) in [5.74, 6) is 0.107. The van der Waals surface area contributed by atoms with Gasteiger partial charge in [0.25, 0.3) is 0 Å². The number of hydrogen-bond acceptors (Lipinski definition) is 6. The molecule has 3 heterocycles. The number of amides is 1. The van der Waals surface area contributed by atoms with E-state index in [2.05, 4.69) is 23.8 Å². The number of carbonyl (C=O) groups is 1.